The SMILES string of the molecule is COC(=O)C1(C)CCCC2(C)C3CCC(C)(CCOC(C)=O)CC3/C(=N\Nc3ccc([N+](=O)[O-])cc3[N+](=O)[O-])CC12. The number of hydrazone groups is 1. The maximum Gasteiger partial charge on any atom is 0.311 e. The number of anilines is 1. The standard InChI is InChI=1S/C29H40N4O8/c1-18(34)41-14-13-27(2)12-9-21-20(17-27)23(16-25-28(21,3)10-6-11-29(25,4)26(35)40-5)31-30-22-8-7-19(32(36)37)15-24(22)33(38)39/h7-8,15,20-21,25,30H,6,9-14,16-17H2,1-5H3/b31-23-. The van der Waals surface area contributed by atoms with Crippen LogP contribution in [0, 0.1) is 54.2 Å². The highest BCUT2D eigenvalue weighted by atomic mass is 16.6. The number of nitro benzene ring substituents is 2. The number of hydrogen-bond donors (Lipinski definition) is 1. The lowest BCUT2D eigenvalue weighted by Crippen LogP contribution is -2.59. The van der Waals surface area contributed by atoms with E-state index in [1.807, 2.05) is 6.92 Å². The zero-order valence-electron chi connectivity index (χ0n) is 24.4. The summed E-state index contributed by atoms with van der Waals surface area (Å²) in [5.74, 6) is -0.283. The summed E-state index contributed by atoms with van der Waals surface area (Å²) in [6.07, 6.45) is 6.53. The molecule has 0 aromatic heterocycles. The number of nitrogens with zero attached hydrogens (tertiary/aromatic N) is 3. The minimum atomic E-state index is -0.692. The molecular weight excluding hydrogens is 532 g/mol. The summed E-state index contributed by atoms with van der Waals surface area (Å²) in [5, 5.41) is 27.7. The molecular formula is C29H40N4O8. The fourth-order valence-electron chi connectivity index (χ4n) is 8.08. The molecule has 0 amide bonds. The predicted octanol–water partition coefficient (Wildman–Crippen LogP) is 6.04. The number of nitro groups is 2. The lowest BCUT2D eigenvalue weighted by atomic mass is 9.42. The zero-order chi connectivity index (χ0) is 30.2. The van der Waals surface area contributed by atoms with Crippen molar-refractivity contribution in [2.45, 2.75) is 79.1 Å². The molecule has 1 N–H and O–H groups in total. The van der Waals surface area contributed by atoms with E-state index in [0.717, 1.165) is 43.9 Å². The molecule has 3 aliphatic carbocycles. The Morgan fingerprint density at radius 1 is 1.12 bits per heavy atom. The minimum absolute atomic E-state index is 0.0322. The molecule has 4 rings (SSSR count). The Balaban J connectivity index is 1.73. The molecule has 12 heteroatoms. The molecule has 1 aromatic rings. The van der Waals surface area contributed by atoms with Crippen molar-refractivity contribution in [1.29, 1.82) is 0 Å². The molecule has 41 heavy (non-hydrogen) atoms. The summed E-state index contributed by atoms with van der Waals surface area (Å²) >= 11 is 0. The second-order valence-corrected chi connectivity index (χ2v) is 12.8. The van der Waals surface area contributed by atoms with Gasteiger partial charge in [0.05, 0.1) is 35.0 Å². The lowest BCUT2D eigenvalue weighted by Gasteiger charge is -2.61. The molecule has 1 aromatic carbocycles. The highest BCUT2D eigenvalue weighted by molar-refractivity contribution is 5.91. The maximum atomic E-state index is 13.2. The van der Waals surface area contributed by atoms with Crippen LogP contribution < -0.4 is 5.43 Å². The van der Waals surface area contributed by atoms with Gasteiger partial charge < -0.3 is 9.47 Å². The Labute approximate surface area is 239 Å². The zero-order valence-corrected chi connectivity index (χ0v) is 24.4. The van der Waals surface area contributed by atoms with Crippen LogP contribution >= 0.6 is 0 Å². The monoisotopic (exact) mass is 572 g/mol. The molecule has 0 saturated heterocycles. The number of carbonyl (C=O) groups is 2. The summed E-state index contributed by atoms with van der Waals surface area (Å²) < 4.78 is 10.6. The van der Waals surface area contributed by atoms with E-state index < -0.39 is 20.9 Å². The number of fused-ring (bicyclic) bond motifs is 3. The number of hydrogen-bond acceptors (Lipinski definition) is 10. The third-order valence-electron chi connectivity index (χ3n) is 10.3. The van der Waals surface area contributed by atoms with Gasteiger partial charge in [-0.15, -0.1) is 0 Å². The molecule has 0 aliphatic heterocycles. The van der Waals surface area contributed by atoms with Crippen LogP contribution in [0.1, 0.15) is 79.1 Å². The Bertz CT molecular complexity index is 1270. The second-order valence-electron chi connectivity index (χ2n) is 12.8. The number of benzene rings is 1. The number of esters is 2. The van der Waals surface area contributed by atoms with Crippen molar-refractivity contribution < 1.29 is 28.9 Å². The summed E-state index contributed by atoms with van der Waals surface area (Å²) in [6.45, 7) is 8.22. The number of ether oxygens (including phenoxy) is 2. The summed E-state index contributed by atoms with van der Waals surface area (Å²) in [6, 6.07) is 3.43. The van der Waals surface area contributed by atoms with E-state index in [4.69, 9.17) is 14.6 Å². The Morgan fingerprint density at radius 3 is 2.49 bits per heavy atom. The highest BCUT2D eigenvalue weighted by Gasteiger charge is 2.62. The van der Waals surface area contributed by atoms with Crippen LogP contribution in [0.2, 0.25) is 0 Å². The number of rotatable bonds is 8. The average Bonchev–Trinajstić information content (AvgIpc) is 2.91. The Hall–Kier alpha value is -3.57. The average molecular weight is 573 g/mol. The third kappa shape index (κ3) is 5.78. The van der Waals surface area contributed by atoms with Crippen molar-refractivity contribution in [2.75, 3.05) is 19.1 Å². The van der Waals surface area contributed by atoms with Gasteiger partial charge in [-0.1, -0.05) is 20.3 Å². The maximum absolute atomic E-state index is 13.2. The van der Waals surface area contributed by atoms with Gasteiger partial charge in [-0.3, -0.25) is 35.2 Å². The number of non-ortho nitro benzene ring substituents is 1. The first-order chi connectivity index (χ1) is 19.2. The predicted molar refractivity (Wildman–Crippen MR) is 151 cm³/mol. The van der Waals surface area contributed by atoms with E-state index in [9.17, 15) is 29.8 Å². The third-order valence-corrected chi connectivity index (χ3v) is 10.3. The summed E-state index contributed by atoms with van der Waals surface area (Å²) in [4.78, 5) is 46.1. The number of nitrogens with one attached hydrogen (secondary N) is 1. The van der Waals surface area contributed by atoms with Crippen LogP contribution in [-0.2, 0) is 19.1 Å². The molecule has 0 radical (unpaired) electrons. The first kappa shape index (κ1) is 30.4. The van der Waals surface area contributed by atoms with E-state index in [1.165, 1.54) is 26.2 Å². The van der Waals surface area contributed by atoms with Crippen molar-refractivity contribution in [3.05, 3.63) is 38.4 Å². The van der Waals surface area contributed by atoms with Crippen molar-refractivity contribution in [3.8, 4) is 0 Å². The van der Waals surface area contributed by atoms with Gasteiger partial charge in [-0.05, 0) is 80.6 Å². The van der Waals surface area contributed by atoms with E-state index in [-0.39, 0.29) is 51.9 Å². The van der Waals surface area contributed by atoms with Crippen LogP contribution in [-0.4, -0.2) is 41.2 Å². The van der Waals surface area contributed by atoms with Gasteiger partial charge in [0.15, 0.2) is 0 Å². The molecule has 224 valence electrons. The molecule has 0 spiro atoms. The van der Waals surface area contributed by atoms with E-state index >= 15 is 0 Å². The Morgan fingerprint density at radius 2 is 1.85 bits per heavy atom. The minimum Gasteiger partial charge on any atom is -0.469 e. The Kier molecular flexibility index (Phi) is 8.42. The fraction of sp³-hybridized carbons (Fsp3) is 0.690. The van der Waals surface area contributed by atoms with Crippen LogP contribution in [0.25, 0.3) is 0 Å². The van der Waals surface area contributed by atoms with Gasteiger partial charge in [0, 0.05) is 24.6 Å². The van der Waals surface area contributed by atoms with E-state index in [0.29, 0.717) is 25.9 Å². The van der Waals surface area contributed by atoms with Gasteiger partial charge in [0.1, 0.15) is 5.69 Å². The van der Waals surface area contributed by atoms with Crippen LogP contribution in [0.15, 0.2) is 23.3 Å². The van der Waals surface area contributed by atoms with Gasteiger partial charge in [0.2, 0.25) is 0 Å². The topological polar surface area (TPSA) is 163 Å². The lowest BCUT2D eigenvalue weighted by molar-refractivity contribution is -0.393. The second kappa shape index (κ2) is 11.4. The largest absolute Gasteiger partial charge is 0.469 e. The van der Waals surface area contributed by atoms with Crippen molar-refractivity contribution >= 4 is 34.7 Å². The van der Waals surface area contributed by atoms with Crippen LogP contribution in [0.4, 0.5) is 17.1 Å². The first-order valence-corrected chi connectivity index (χ1v) is 14.2. The normalized spacial score (nSPS) is 33.7. The molecule has 3 fully saturated rings. The van der Waals surface area contributed by atoms with Gasteiger partial charge in [-0.25, -0.2) is 0 Å². The molecule has 3 aliphatic rings. The van der Waals surface area contributed by atoms with Crippen molar-refractivity contribution in [2.24, 2.45) is 39.1 Å². The first-order valence-electron chi connectivity index (χ1n) is 14.2. The molecule has 0 heterocycles. The molecule has 6 atom stereocenters. The molecule has 6 unspecified atom stereocenters. The van der Waals surface area contributed by atoms with Gasteiger partial charge >= 0.3 is 17.6 Å². The smallest absolute Gasteiger partial charge is 0.311 e. The highest BCUT2D eigenvalue weighted by Crippen LogP contribution is 2.65. The summed E-state index contributed by atoms with van der Waals surface area (Å²) in [5.41, 5.74) is 2.03. The van der Waals surface area contributed by atoms with Crippen LogP contribution in [0.5, 0.6) is 0 Å². The van der Waals surface area contributed by atoms with E-state index in [1.54, 1.807) is 0 Å². The number of methoxy groups -OCH3 is 1. The van der Waals surface area contributed by atoms with E-state index in [2.05, 4.69) is 19.3 Å². The number of carbonyl (C=O) groups excluding carboxylic acids is 2. The molecule has 3 saturated carbocycles. The fourth-order valence-corrected chi connectivity index (χ4v) is 8.08. The molecule has 12 nitrogen and oxygen atoms in total. The molecule has 0 bridgehead atoms. The van der Waals surface area contributed by atoms with Crippen molar-refractivity contribution in [1.82, 2.24) is 0 Å². The van der Waals surface area contributed by atoms with Gasteiger partial charge in [-0.2, -0.15) is 5.10 Å². The quantitative estimate of drug-likeness (QED) is 0.222. The summed E-state index contributed by atoms with van der Waals surface area (Å²) in [7, 11) is 1.42. The van der Waals surface area contributed by atoms with Gasteiger partial charge in [0.25, 0.3) is 5.69 Å². The van der Waals surface area contributed by atoms with Crippen molar-refractivity contribution in [3.63, 3.8) is 0 Å². The van der Waals surface area contributed by atoms with Crippen LogP contribution in [0.3, 0.4) is 0 Å².